The summed E-state index contributed by atoms with van der Waals surface area (Å²) in [5, 5.41) is 8.92. The van der Waals surface area contributed by atoms with Crippen LogP contribution >= 0.6 is 0 Å². The van der Waals surface area contributed by atoms with Crippen LogP contribution in [0.25, 0.3) is 0 Å². The van der Waals surface area contributed by atoms with Crippen molar-refractivity contribution in [3.8, 4) is 0 Å². The Kier molecular flexibility index (Phi) is 4.14. The van der Waals surface area contributed by atoms with Crippen molar-refractivity contribution < 1.29 is 9.90 Å². The summed E-state index contributed by atoms with van der Waals surface area (Å²) in [4.78, 5) is 13.0. The van der Waals surface area contributed by atoms with E-state index in [9.17, 15) is 4.79 Å². The van der Waals surface area contributed by atoms with Crippen LogP contribution in [0.5, 0.6) is 0 Å². The lowest BCUT2D eigenvalue weighted by Crippen LogP contribution is -2.31. The van der Waals surface area contributed by atoms with Gasteiger partial charge in [-0.3, -0.25) is 4.79 Å². The number of hydrogen-bond acceptors (Lipinski definition) is 2. The average Bonchev–Trinajstić information content (AvgIpc) is 2.16. The van der Waals surface area contributed by atoms with E-state index < -0.39 is 5.97 Å². The molecule has 0 heterocycles. The molecule has 88 valence electrons. The van der Waals surface area contributed by atoms with E-state index in [4.69, 9.17) is 5.11 Å². The molecular weight excluding hydrogens is 190 g/mol. The summed E-state index contributed by atoms with van der Waals surface area (Å²) in [6.07, 6.45) is 5.04. The molecule has 1 fully saturated rings. The van der Waals surface area contributed by atoms with E-state index >= 15 is 0 Å². The molecular formula is C12H23NO2. The van der Waals surface area contributed by atoms with Crippen molar-refractivity contribution in [1.82, 2.24) is 4.90 Å². The molecule has 0 atom stereocenters. The van der Waals surface area contributed by atoms with E-state index in [2.05, 4.69) is 25.9 Å². The molecule has 0 aromatic heterocycles. The number of aliphatic carboxylic acids is 1. The first-order chi connectivity index (χ1) is 6.93. The van der Waals surface area contributed by atoms with Crippen molar-refractivity contribution >= 4 is 5.97 Å². The summed E-state index contributed by atoms with van der Waals surface area (Å²) in [7, 11) is 4.18. The van der Waals surface area contributed by atoms with Crippen molar-refractivity contribution in [2.75, 3.05) is 20.6 Å². The second-order valence-corrected chi connectivity index (χ2v) is 5.48. The summed E-state index contributed by atoms with van der Waals surface area (Å²) in [5.74, 6) is -0.693. The van der Waals surface area contributed by atoms with Gasteiger partial charge in [-0.25, -0.2) is 0 Å². The Bertz CT molecular complexity index is 218. The molecule has 1 aliphatic rings. The van der Waals surface area contributed by atoms with Crippen LogP contribution in [0.1, 0.15) is 39.0 Å². The van der Waals surface area contributed by atoms with E-state index in [0.29, 0.717) is 5.41 Å². The molecule has 1 saturated carbocycles. The Morgan fingerprint density at radius 2 is 1.93 bits per heavy atom. The molecule has 0 aromatic rings. The van der Waals surface area contributed by atoms with Crippen LogP contribution in [0.15, 0.2) is 0 Å². The van der Waals surface area contributed by atoms with Gasteiger partial charge in [-0.05, 0) is 58.2 Å². The Morgan fingerprint density at radius 3 is 2.33 bits per heavy atom. The average molecular weight is 213 g/mol. The largest absolute Gasteiger partial charge is 0.481 e. The number of rotatable bonds is 4. The Balaban J connectivity index is 2.37. The van der Waals surface area contributed by atoms with Crippen molar-refractivity contribution in [1.29, 1.82) is 0 Å². The topological polar surface area (TPSA) is 40.5 Å². The van der Waals surface area contributed by atoms with Gasteiger partial charge in [0, 0.05) is 0 Å². The second kappa shape index (κ2) is 4.97. The lowest BCUT2D eigenvalue weighted by atomic mass is 9.70. The molecule has 0 unspecified atom stereocenters. The van der Waals surface area contributed by atoms with Crippen LogP contribution in [-0.4, -0.2) is 36.6 Å². The summed E-state index contributed by atoms with van der Waals surface area (Å²) in [5.41, 5.74) is 0.371. The zero-order valence-corrected chi connectivity index (χ0v) is 10.1. The summed E-state index contributed by atoms with van der Waals surface area (Å²) < 4.78 is 0. The highest BCUT2D eigenvalue weighted by Gasteiger charge is 2.33. The van der Waals surface area contributed by atoms with E-state index in [0.717, 1.165) is 32.2 Å². The van der Waals surface area contributed by atoms with Crippen molar-refractivity contribution in [2.45, 2.75) is 39.0 Å². The van der Waals surface area contributed by atoms with Crippen LogP contribution < -0.4 is 0 Å². The van der Waals surface area contributed by atoms with E-state index in [1.165, 1.54) is 6.42 Å². The van der Waals surface area contributed by atoms with Gasteiger partial charge in [-0.15, -0.1) is 0 Å². The minimum absolute atomic E-state index is 0.0857. The fourth-order valence-electron chi connectivity index (χ4n) is 2.31. The van der Waals surface area contributed by atoms with Crippen LogP contribution in [0.2, 0.25) is 0 Å². The third kappa shape index (κ3) is 3.82. The molecule has 0 amide bonds. The molecule has 0 saturated heterocycles. The first-order valence-corrected chi connectivity index (χ1v) is 5.80. The lowest BCUT2D eigenvalue weighted by Gasteiger charge is -2.36. The maximum absolute atomic E-state index is 10.8. The predicted molar refractivity (Wildman–Crippen MR) is 60.9 cm³/mol. The summed E-state index contributed by atoms with van der Waals surface area (Å²) in [6.45, 7) is 3.41. The number of nitrogens with zero attached hydrogens (tertiary/aromatic N) is 1. The van der Waals surface area contributed by atoms with E-state index in [1.54, 1.807) is 0 Å². The van der Waals surface area contributed by atoms with Crippen molar-refractivity contribution in [2.24, 2.45) is 11.3 Å². The van der Waals surface area contributed by atoms with Crippen LogP contribution in [0, 0.1) is 11.3 Å². The first kappa shape index (κ1) is 12.5. The van der Waals surface area contributed by atoms with Gasteiger partial charge in [0.05, 0.1) is 5.92 Å². The lowest BCUT2D eigenvalue weighted by molar-refractivity contribution is -0.143. The molecule has 15 heavy (non-hydrogen) atoms. The maximum atomic E-state index is 10.8. The third-order valence-electron chi connectivity index (χ3n) is 3.70. The number of carboxylic acids is 1. The number of carbonyl (C=O) groups is 1. The third-order valence-corrected chi connectivity index (χ3v) is 3.70. The molecule has 1 rings (SSSR count). The summed E-state index contributed by atoms with van der Waals surface area (Å²) >= 11 is 0. The predicted octanol–water partition coefficient (Wildman–Crippen LogP) is 2.22. The fourth-order valence-corrected chi connectivity index (χ4v) is 2.31. The Morgan fingerprint density at radius 1 is 1.40 bits per heavy atom. The molecule has 1 N–H and O–H groups in total. The first-order valence-electron chi connectivity index (χ1n) is 5.80. The van der Waals surface area contributed by atoms with Gasteiger partial charge in [0.2, 0.25) is 0 Å². The minimum atomic E-state index is -0.607. The highest BCUT2D eigenvalue weighted by Crippen LogP contribution is 2.41. The van der Waals surface area contributed by atoms with Gasteiger partial charge in [0.25, 0.3) is 0 Å². The highest BCUT2D eigenvalue weighted by atomic mass is 16.4. The fraction of sp³-hybridized carbons (Fsp3) is 0.917. The monoisotopic (exact) mass is 213 g/mol. The molecule has 3 nitrogen and oxygen atoms in total. The zero-order chi connectivity index (χ0) is 11.5. The SMILES string of the molecule is CN(C)CCC1(C)CCC(C(=O)O)CC1. The highest BCUT2D eigenvalue weighted by molar-refractivity contribution is 5.70. The number of carboxylic acid groups (broad SMARTS) is 1. The normalized spacial score (nSPS) is 31.9. The standard InChI is InChI=1S/C12H23NO2/c1-12(8-9-13(2)3)6-4-10(5-7-12)11(14)15/h10H,4-9H2,1-3H3,(H,14,15). The molecule has 1 aliphatic carbocycles. The van der Waals surface area contributed by atoms with Crippen molar-refractivity contribution in [3.63, 3.8) is 0 Å². The number of hydrogen-bond donors (Lipinski definition) is 1. The Labute approximate surface area is 92.5 Å². The van der Waals surface area contributed by atoms with Crippen LogP contribution in [0.3, 0.4) is 0 Å². The molecule has 3 heteroatoms. The molecule has 0 spiro atoms. The minimum Gasteiger partial charge on any atom is -0.481 e. The maximum Gasteiger partial charge on any atom is 0.306 e. The van der Waals surface area contributed by atoms with Crippen LogP contribution in [-0.2, 0) is 4.79 Å². The van der Waals surface area contributed by atoms with Gasteiger partial charge >= 0.3 is 5.97 Å². The van der Waals surface area contributed by atoms with Gasteiger partial charge in [0.15, 0.2) is 0 Å². The Hall–Kier alpha value is -0.570. The van der Waals surface area contributed by atoms with Gasteiger partial charge in [0.1, 0.15) is 0 Å². The quantitative estimate of drug-likeness (QED) is 0.778. The molecule has 0 bridgehead atoms. The van der Waals surface area contributed by atoms with E-state index in [-0.39, 0.29) is 5.92 Å². The molecule has 0 radical (unpaired) electrons. The summed E-state index contributed by atoms with van der Waals surface area (Å²) in [6, 6.07) is 0. The smallest absolute Gasteiger partial charge is 0.306 e. The molecule has 0 aromatic carbocycles. The van der Waals surface area contributed by atoms with E-state index in [1.807, 2.05) is 0 Å². The molecule has 0 aliphatic heterocycles. The van der Waals surface area contributed by atoms with Crippen LogP contribution in [0.4, 0.5) is 0 Å². The van der Waals surface area contributed by atoms with Gasteiger partial charge < -0.3 is 10.0 Å². The van der Waals surface area contributed by atoms with Gasteiger partial charge in [-0.1, -0.05) is 6.92 Å². The van der Waals surface area contributed by atoms with Crippen molar-refractivity contribution in [3.05, 3.63) is 0 Å². The zero-order valence-electron chi connectivity index (χ0n) is 10.1. The second-order valence-electron chi connectivity index (χ2n) is 5.48. The van der Waals surface area contributed by atoms with Gasteiger partial charge in [-0.2, -0.15) is 0 Å².